The van der Waals surface area contributed by atoms with Crippen molar-refractivity contribution in [2.75, 3.05) is 36.4 Å². The summed E-state index contributed by atoms with van der Waals surface area (Å²) in [4.78, 5) is 18.8. The molecule has 1 aliphatic rings. The van der Waals surface area contributed by atoms with Crippen molar-refractivity contribution in [1.29, 1.82) is 0 Å². The molecule has 0 unspecified atom stereocenters. The normalized spacial score (nSPS) is 14.7. The SMILES string of the molecule is CC(C)c1ccc(NC(=O)c2cccnc2)c(N2CCNCC2)c1. The highest BCUT2D eigenvalue weighted by molar-refractivity contribution is 6.05. The van der Waals surface area contributed by atoms with Crippen LogP contribution in [0.3, 0.4) is 0 Å². The van der Waals surface area contributed by atoms with Gasteiger partial charge in [0.05, 0.1) is 16.9 Å². The number of nitrogens with one attached hydrogen (secondary N) is 2. The fourth-order valence-electron chi connectivity index (χ4n) is 2.87. The minimum absolute atomic E-state index is 0.128. The van der Waals surface area contributed by atoms with E-state index in [-0.39, 0.29) is 5.91 Å². The molecule has 1 amide bonds. The van der Waals surface area contributed by atoms with Gasteiger partial charge < -0.3 is 15.5 Å². The zero-order valence-electron chi connectivity index (χ0n) is 14.2. The van der Waals surface area contributed by atoms with Gasteiger partial charge in [-0.3, -0.25) is 9.78 Å². The Labute approximate surface area is 143 Å². The first kappa shape index (κ1) is 16.5. The Bertz CT molecular complexity index is 694. The summed E-state index contributed by atoms with van der Waals surface area (Å²) >= 11 is 0. The van der Waals surface area contributed by atoms with E-state index in [9.17, 15) is 4.79 Å². The number of pyridine rings is 1. The Balaban J connectivity index is 1.89. The Morgan fingerprint density at radius 3 is 2.71 bits per heavy atom. The molecule has 126 valence electrons. The molecule has 5 nitrogen and oxygen atoms in total. The van der Waals surface area contributed by atoms with E-state index in [0.29, 0.717) is 11.5 Å². The largest absolute Gasteiger partial charge is 0.367 e. The first-order valence-electron chi connectivity index (χ1n) is 8.46. The highest BCUT2D eigenvalue weighted by atomic mass is 16.1. The van der Waals surface area contributed by atoms with Gasteiger partial charge in [0.25, 0.3) is 5.91 Å². The predicted molar refractivity (Wildman–Crippen MR) is 97.8 cm³/mol. The van der Waals surface area contributed by atoms with Crippen molar-refractivity contribution in [3.8, 4) is 0 Å². The molecule has 24 heavy (non-hydrogen) atoms. The summed E-state index contributed by atoms with van der Waals surface area (Å²) in [5.41, 5.74) is 3.80. The van der Waals surface area contributed by atoms with Gasteiger partial charge in [0, 0.05) is 38.6 Å². The van der Waals surface area contributed by atoms with Crippen molar-refractivity contribution in [2.24, 2.45) is 0 Å². The number of anilines is 2. The van der Waals surface area contributed by atoms with E-state index in [1.54, 1.807) is 24.5 Å². The van der Waals surface area contributed by atoms with E-state index in [1.807, 2.05) is 6.07 Å². The van der Waals surface area contributed by atoms with Crippen LogP contribution in [-0.4, -0.2) is 37.1 Å². The van der Waals surface area contributed by atoms with Crippen molar-refractivity contribution in [2.45, 2.75) is 19.8 Å². The third kappa shape index (κ3) is 3.74. The summed E-state index contributed by atoms with van der Waals surface area (Å²) in [5, 5.41) is 6.42. The van der Waals surface area contributed by atoms with E-state index in [4.69, 9.17) is 0 Å². The summed E-state index contributed by atoms with van der Waals surface area (Å²) in [5.74, 6) is 0.325. The Hall–Kier alpha value is -2.40. The zero-order valence-corrected chi connectivity index (χ0v) is 14.2. The van der Waals surface area contributed by atoms with Gasteiger partial charge in [-0.2, -0.15) is 0 Å². The van der Waals surface area contributed by atoms with Crippen LogP contribution in [0.25, 0.3) is 0 Å². The maximum absolute atomic E-state index is 12.5. The van der Waals surface area contributed by atoms with Crippen LogP contribution < -0.4 is 15.5 Å². The molecular formula is C19H24N4O. The van der Waals surface area contributed by atoms with Crippen LogP contribution >= 0.6 is 0 Å². The topological polar surface area (TPSA) is 57.3 Å². The molecule has 5 heteroatoms. The van der Waals surface area contributed by atoms with E-state index in [2.05, 4.69) is 46.5 Å². The molecule has 1 fully saturated rings. The molecule has 3 rings (SSSR count). The standard InChI is InChI=1S/C19H24N4O/c1-14(2)15-5-6-17(18(12-15)23-10-8-20-9-11-23)22-19(24)16-4-3-7-21-13-16/h3-7,12-14,20H,8-11H2,1-2H3,(H,22,24). The quantitative estimate of drug-likeness (QED) is 0.908. The molecule has 1 aliphatic heterocycles. The highest BCUT2D eigenvalue weighted by Gasteiger charge is 2.17. The number of piperazine rings is 1. The second-order valence-electron chi connectivity index (χ2n) is 6.36. The second-order valence-corrected chi connectivity index (χ2v) is 6.36. The highest BCUT2D eigenvalue weighted by Crippen LogP contribution is 2.30. The Morgan fingerprint density at radius 1 is 1.25 bits per heavy atom. The first-order chi connectivity index (χ1) is 11.6. The molecule has 1 aromatic carbocycles. The van der Waals surface area contributed by atoms with Gasteiger partial charge in [0.2, 0.25) is 0 Å². The Morgan fingerprint density at radius 2 is 2.04 bits per heavy atom. The third-order valence-corrected chi connectivity index (χ3v) is 4.32. The Kier molecular flexibility index (Phi) is 5.11. The lowest BCUT2D eigenvalue weighted by molar-refractivity contribution is 0.102. The van der Waals surface area contributed by atoms with Crippen molar-refractivity contribution < 1.29 is 4.79 Å². The van der Waals surface area contributed by atoms with Gasteiger partial charge in [0.1, 0.15) is 0 Å². The van der Waals surface area contributed by atoms with Gasteiger partial charge in [-0.1, -0.05) is 19.9 Å². The molecule has 0 saturated carbocycles. The average Bonchev–Trinajstić information content (AvgIpc) is 2.63. The van der Waals surface area contributed by atoms with Crippen LogP contribution in [0.15, 0.2) is 42.7 Å². The van der Waals surface area contributed by atoms with E-state index >= 15 is 0 Å². The van der Waals surface area contributed by atoms with E-state index in [0.717, 1.165) is 37.6 Å². The first-order valence-corrected chi connectivity index (χ1v) is 8.46. The number of benzene rings is 1. The van der Waals surface area contributed by atoms with E-state index < -0.39 is 0 Å². The molecule has 0 spiro atoms. The lowest BCUT2D eigenvalue weighted by Gasteiger charge is -2.31. The average molecular weight is 324 g/mol. The molecule has 0 atom stereocenters. The van der Waals surface area contributed by atoms with Crippen LogP contribution in [0, 0.1) is 0 Å². The monoisotopic (exact) mass is 324 g/mol. The molecule has 0 aliphatic carbocycles. The lowest BCUT2D eigenvalue weighted by Crippen LogP contribution is -2.43. The van der Waals surface area contributed by atoms with Crippen molar-refractivity contribution in [3.05, 3.63) is 53.9 Å². The number of amides is 1. The molecular weight excluding hydrogens is 300 g/mol. The zero-order chi connectivity index (χ0) is 16.9. The fourth-order valence-corrected chi connectivity index (χ4v) is 2.87. The lowest BCUT2D eigenvalue weighted by atomic mass is 10.0. The maximum atomic E-state index is 12.5. The van der Waals surface area contributed by atoms with Gasteiger partial charge in [-0.15, -0.1) is 0 Å². The number of rotatable bonds is 4. The maximum Gasteiger partial charge on any atom is 0.257 e. The van der Waals surface area contributed by atoms with Gasteiger partial charge in [0.15, 0.2) is 0 Å². The fraction of sp³-hybridized carbons (Fsp3) is 0.368. The number of hydrogen-bond donors (Lipinski definition) is 2. The minimum Gasteiger partial charge on any atom is -0.367 e. The smallest absolute Gasteiger partial charge is 0.257 e. The minimum atomic E-state index is -0.128. The van der Waals surface area contributed by atoms with Gasteiger partial charge in [-0.25, -0.2) is 0 Å². The molecule has 1 saturated heterocycles. The van der Waals surface area contributed by atoms with Gasteiger partial charge >= 0.3 is 0 Å². The van der Waals surface area contributed by atoms with Crippen LogP contribution in [0.5, 0.6) is 0 Å². The third-order valence-electron chi connectivity index (χ3n) is 4.32. The molecule has 2 aromatic rings. The van der Waals surface area contributed by atoms with Crippen molar-refractivity contribution in [1.82, 2.24) is 10.3 Å². The molecule has 0 bridgehead atoms. The van der Waals surface area contributed by atoms with Gasteiger partial charge in [-0.05, 0) is 35.7 Å². The molecule has 0 radical (unpaired) electrons. The number of carbonyl (C=O) groups excluding carboxylic acids is 1. The van der Waals surface area contributed by atoms with Crippen molar-refractivity contribution in [3.63, 3.8) is 0 Å². The molecule has 1 aromatic heterocycles. The van der Waals surface area contributed by atoms with Crippen LogP contribution in [0.1, 0.15) is 35.7 Å². The number of hydrogen-bond acceptors (Lipinski definition) is 4. The number of aromatic nitrogens is 1. The van der Waals surface area contributed by atoms with E-state index in [1.165, 1.54) is 5.56 Å². The summed E-state index contributed by atoms with van der Waals surface area (Å²) in [6, 6.07) is 9.86. The second kappa shape index (κ2) is 7.45. The number of nitrogens with zero attached hydrogens (tertiary/aromatic N) is 2. The summed E-state index contributed by atoms with van der Waals surface area (Å²) in [7, 11) is 0. The summed E-state index contributed by atoms with van der Waals surface area (Å²) in [6.07, 6.45) is 3.25. The molecule has 2 N–H and O–H groups in total. The molecule has 2 heterocycles. The predicted octanol–water partition coefficient (Wildman–Crippen LogP) is 2.87. The van der Waals surface area contributed by atoms with Crippen LogP contribution in [0.4, 0.5) is 11.4 Å². The summed E-state index contributed by atoms with van der Waals surface area (Å²) < 4.78 is 0. The van der Waals surface area contributed by atoms with Crippen LogP contribution in [-0.2, 0) is 0 Å². The summed E-state index contributed by atoms with van der Waals surface area (Å²) in [6.45, 7) is 8.17. The van der Waals surface area contributed by atoms with Crippen LogP contribution in [0.2, 0.25) is 0 Å². The van der Waals surface area contributed by atoms with Crippen molar-refractivity contribution >= 4 is 17.3 Å². The number of carbonyl (C=O) groups is 1.